The number of carbonyl (C=O) groups is 1. The molecule has 0 bridgehead atoms. The van der Waals surface area contributed by atoms with E-state index in [0.717, 1.165) is 0 Å². The molecule has 0 saturated heterocycles. The summed E-state index contributed by atoms with van der Waals surface area (Å²) >= 11 is 0. The van der Waals surface area contributed by atoms with Crippen LogP contribution in [0.15, 0.2) is 23.3 Å². The van der Waals surface area contributed by atoms with Gasteiger partial charge in [0.2, 0.25) is 0 Å². The number of halogens is 1. The van der Waals surface area contributed by atoms with E-state index in [9.17, 15) is 14.0 Å². The zero-order chi connectivity index (χ0) is 14.4. The number of pyridine rings is 1. The molecular formula is C13H10FN3O3. The average Bonchev–Trinajstić information content (AvgIpc) is 2.74. The summed E-state index contributed by atoms with van der Waals surface area (Å²) < 4.78 is 19.8. The van der Waals surface area contributed by atoms with Gasteiger partial charge < -0.3 is 9.72 Å². The minimum absolute atomic E-state index is 0.0895. The molecule has 102 valence electrons. The van der Waals surface area contributed by atoms with E-state index in [4.69, 9.17) is 0 Å². The summed E-state index contributed by atoms with van der Waals surface area (Å²) in [5.41, 5.74) is 0.584. The molecule has 3 rings (SSSR count). The number of aromatic nitrogens is 3. The summed E-state index contributed by atoms with van der Waals surface area (Å²) in [6.07, 6.45) is 2.81. The average molecular weight is 275 g/mol. The number of nitrogens with one attached hydrogen (secondary N) is 1. The van der Waals surface area contributed by atoms with Crippen molar-refractivity contribution in [1.82, 2.24) is 14.4 Å². The van der Waals surface area contributed by atoms with E-state index in [1.807, 2.05) is 0 Å². The lowest BCUT2D eigenvalue weighted by Gasteiger charge is -2.03. The molecular weight excluding hydrogens is 265 g/mol. The fraction of sp³-hybridized carbons (Fsp3) is 0.154. The van der Waals surface area contributed by atoms with Gasteiger partial charge in [0.25, 0.3) is 5.56 Å². The first-order chi connectivity index (χ1) is 9.52. The zero-order valence-electron chi connectivity index (χ0n) is 10.7. The lowest BCUT2D eigenvalue weighted by molar-refractivity contribution is 0.0600. The van der Waals surface area contributed by atoms with E-state index in [1.54, 1.807) is 6.92 Å². The number of methoxy groups -OCH3 is 1. The number of hydrogen-bond acceptors (Lipinski definition) is 4. The van der Waals surface area contributed by atoms with Crippen LogP contribution in [0, 0.1) is 12.7 Å². The Morgan fingerprint density at radius 2 is 2.25 bits per heavy atom. The van der Waals surface area contributed by atoms with Crippen molar-refractivity contribution in [3.63, 3.8) is 0 Å². The van der Waals surface area contributed by atoms with Gasteiger partial charge in [0.15, 0.2) is 11.5 Å². The van der Waals surface area contributed by atoms with Crippen LogP contribution < -0.4 is 5.56 Å². The van der Waals surface area contributed by atoms with E-state index in [0.29, 0.717) is 16.7 Å². The molecule has 6 nitrogen and oxygen atoms in total. The van der Waals surface area contributed by atoms with Crippen LogP contribution >= 0.6 is 0 Å². The molecule has 0 radical (unpaired) electrons. The third kappa shape index (κ3) is 1.59. The summed E-state index contributed by atoms with van der Waals surface area (Å²) in [6.45, 7) is 1.57. The molecule has 0 amide bonds. The van der Waals surface area contributed by atoms with Crippen molar-refractivity contribution in [2.24, 2.45) is 0 Å². The molecule has 0 aromatic carbocycles. The monoisotopic (exact) mass is 275 g/mol. The highest BCUT2D eigenvalue weighted by Crippen LogP contribution is 2.17. The maximum Gasteiger partial charge on any atom is 0.339 e. The van der Waals surface area contributed by atoms with Crippen molar-refractivity contribution in [3.05, 3.63) is 45.8 Å². The highest BCUT2D eigenvalue weighted by Gasteiger charge is 2.15. The predicted molar refractivity (Wildman–Crippen MR) is 69.4 cm³/mol. The number of carbonyl (C=O) groups excluding carboxylic acids is 1. The summed E-state index contributed by atoms with van der Waals surface area (Å²) in [7, 11) is 1.25. The summed E-state index contributed by atoms with van der Waals surface area (Å²) in [4.78, 5) is 30.0. The molecule has 0 aliphatic carbocycles. The maximum atomic E-state index is 13.9. The molecule has 0 saturated carbocycles. The largest absolute Gasteiger partial charge is 0.465 e. The summed E-state index contributed by atoms with van der Waals surface area (Å²) in [5.74, 6) is -1.14. The molecule has 0 aliphatic rings. The van der Waals surface area contributed by atoms with Crippen LogP contribution in [-0.2, 0) is 4.74 Å². The minimum Gasteiger partial charge on any atom is -0.465 e. The zero-order valence-corrected chi connectivity index (χ0v) is 10.7. The van der Waals surface area contributed by atoms with Crippen LogP contribution in [0.1, 0.15) is 15.9 Å². The van der Waals surface area contributed by atoms with E-state index < -0.39 is 17.3 Å². The fourth-order valence-corrected chi connectivity index (χ4v) is 2.14. The van der Waals surface area contributed by atoms with Crippen LogP contribution in [0.2, 0.25) is 0 Å². The van der Waals surface area contributed by atoms with E-state index >= 15 is 0 Å². The molecule has 3 aromatic heterocycles. The quantitative estimate of drug-likeness (QED) is 0.681. The Morgan fingerprint density at radius 1 is 1.50 bits per heavy atom. The Labute approximate surface area is 111 Å². The first-order valence-corrected chi connectivity index (χ1v) is 5.80. The number of ether oxygens (including phenoxy) is 1. The molecule has 0 aliphatic heterocycles. The molecule has 0 atom stereocenters. The normalized spacial score (nSPS) is 11.2. The van der Waals surface area contributed by atoms with Gasteiger partial charge in [-0.25, -0.2) is 14.2 Å². The molecule has 7 heteroatoms. The van der Waals surface area contributed by atoms with Crippen LogP contribution in [0.25, 0.3) is 16.7 Å². The Kier molecular flexibility index (Phi) is 2.56. The highest BCUT2D eigenvalue weighted by molar-refractivity contribution is 5.92. The van der Waals surface area contributed by atoms with Gasteiger partial charge in [-0.1, -0.05) is 0 Å². The SMILES string of the molecule is COC(=O)c1cnc2c(c1)[nH]c(=O)c1c(F)c(C)cn12. The predicted octanol–water partition coefficient (Wildman–Crippen LogP) is 1.41. The first-order valence-electron chi connectivity index (χ1n) is 5.80. The van der Waals surface area contributed by atoms with E-state index in [2.05, 4.69) is 14.7 Å². The van der Waals surface area contributed by atoms with Crippen molar-refractivity contribution in [1.29, 1.82) is 0 Å². The van der Waals surface area contributed by atoms with Gasteiger partial charge in [-0.05, 0) is 13.0 Å². The summed E-state index contributed by atoms with van der Waals surface area (Å²) in [6, 6.07) is 1.45. The minimum atomic E-state index is -0.577. The van der Waals surface area contributed by atoms with Crippen LogP contribution in [-0.4, -0.2) is 27.4 Å². The lowest BCUT2D eigenvalue weighted by atomic mass is 10.2. The van der Waals surface area contributed by atoms with Gasteiger partial charge >= 0.3 is 5.97 Å². The fourth-order valence-electron chi connectivity index (χ4n) is 2.14. The standard InChI is InChI=1S/C13H10FN3O3/c1-6-5-17-10(9(6)14)12(18)16-8-3-7(13(19)20-2)4-15-11(8)17/h3-5H,1-2H3,(H,16,18). The highest BCUT2D eigenvalue weighted by atomic mass is 19.1. The van der Waals surface area contributed by atoms with Gasteiger partial charge in [0.1, 0.15) is 5.52 Å². The second kappa shape index (κ2) is 4.16. The number of hydrogen-bond donors (Lipinski definition) is 1. The topological polar surface area (TPSA) is 76.5 Å². The number of esters is 1. The van der Waals surface area contributed by atoms with Crippen molar-refractivity contribution in [2.75, 3.05) is 7.11 Å². The second-order valence-electron chi connectivity index (χ2n) is 4.39. The van der Waals surface area contributed by atoms with Crippen molar-refractivity contribution in [3.8, 4) is 0 Å². The number of H-pyrrole nitrogens is 1. The van der Waals surface area contributed by atoms with Crippen LogP contribution in [0.4, 0.5) is 4.39 Å². The lowest BCUT2D eigenvalue weighted by Crippen LogP contribution is -2.12. The first kappa shape index (κ1) is 12.3. The second-order valence-corrected chi connectivity index (χ2v) is 4.39. The molecule has 0 unspecified atom stereocenters. The molecule has 3 heterocycles. The molecule has 0 fully saturated rings. The third-order valence-electron chi connectivity index (χ3n) is 3.10. The number of aryl methyl sites for hydroxylation is 1. The third-order valence-corrected chi connectivity index (χ3v) is 3.10. The number of aromatic amines is 1. The molecule has 1 N–H and O–H groups in total. The van der Waals surface area contributed by atoms with Crippen LogP contribution in [0.3, 0.4) is 0 Å². The van der Waals surface area contributed by atoms with Gasteiger partial charge in [0, 0.05) is 18.0 Å². The smallest absolute Gasteiger partial charge is 0.339 e. The summed E-state index contributed by atoms with van der Waals surface area (Å²) in [5, 5.41) is 0. The molecule has 0 spiro atoms. The number of nitrogens with zero attached hydrogens (tertiary/aromatic N) is 2. The Bertz CT molecular complexity index is 910. The number of rotatable bonds is 1. The Morgan fingerprint density at radius 3 is 2.95 bits per heavy atom. The number of fused-ring (bicyclic) bond motifs is 3. The molecule has 3 aromatic rings. The van der Waals surface area contributed by atoms with Gasteiger partial charge in [0.05, 0.1) is 18.2 Å². The molecule has 20 heavy (non-hydrogen) atoms. The van der Waals surface area contributed by atoms with Gasteiger partial charge in [-0.15, -0.1) is 0 Å². The van der Waals surface area contributed by atoms with E-state index in [1.165, 1.54) is 30.0 Å². The van der Waals surface area contributed by atoms with Gasteiger partial charge in [-0.3, -0.25) is 9.20 Å². The van der Waals surface area contributed by atoms with Gasteiger partial charge in [-0.2, -0.15) is 0 Å². The maximum absolute atomic E-state index is 13.9. The van der Waals surface area contributed by atoms with Crippen molar-refractivity contribution >= 4 is 22.6 Å². The van der Waals surface area contributed by atoms with Crippen molar-refractivity contribution in [2.45, 2.75) is 6.92 Å². The Hall–Kier alpha value is -2.70. The van der Waals surface area contributed by atoms with Crippen molar-refractivity contribution < 1.29 is 13.9 Å². The Balaban J connectivity index is 2.42. The van der Waals surface area contributed by atoms with E-state index in [-0.39, 0.29) is 11.1 Å². The van der Waals surface area contributed by atoms with Crippen LogP contribution in [0.5, 0.6) is 0 Å².